The van der Waals surface area contributed by atoms with Crippen molar-refractivity contribution >= 4 is 29.1 Å². The lowest BCUT2D eigenvalue weighted by Crippen LogP contribution is -2.32. The number of rotatable bonds is 8. The number of amides is 1. The van der Waals surface area contributed by atoms with Crippen LogP contribution in [0.15, 0.2) is 30.3 Å². The van der Waals surface area contributed by atoms with Crippen LogP contribution in [0.3, 0.4) is 0 Å². The van der Waals surface area contributed by atoms with Crippen molar-refractivity contribution in [2.24, 2.45) is 0 Å². The number of hydrogen-bond donors (Lipinski definition) is 2. The summed E-state index contributed by atoms with van der Waals surface area (Å²) in [6, 6.07) is 9.51. The van der Waals surface area contributed by atoms with Crippen molar-refractivity contribution < 1.29 is 9.00 Å². The maximum atomic E-state index is 11.8. The van der Waals surface area contributed by atoms with E-state index in [4.69, 9.17) is 0 Å². The Morgan fingerprint density at radius 1 is 1.30 bits per heavy atom. The molecule has 2 N–H and O–H groups in total. The van der Waals surface area contributed by atoms with Gasteiger partial charge in [0.2, 0.25) is 5.91 Å². The van der Waals surface area contributed by atoms with Crippen molar-refractivity contribution in [3.8, 4) is 0 Å². The molecule has 0 spiro atoms. The Balaban J connectivity index is 0.00000361. The molecule has 2 atom stereocenters. The molecular weight excluding hydrogens is 296 g/mol. The first-order valence-electron chi connectivity index (χ1n) is 6.42. The van der Waals surface area contributed by atoms with Gasteiger partial charge in [0.1, 0.15) is 0 Å². The molecule has 0 aliphatic rings. The molecule has 0 saturated carbocycles. The second kappa shape index (κ2) is 10.8. The minimum Gasteiger partial charge on any atom is -0.348 e. The molecule has 0 bridgehead atoms. The van der Waals surface area contributed by atoms with Gasteiger partial charge in [0.15, 0.2) is 0 Å². The SMILES string of the molecule is CNCCCC(=O)NC(CS(C)=O)c1ccccc1.Cl. The standard InChI is InChI=1S/C14H22N2O2S.ClH/c1-15-10-6-9-14(17)16-13(11-19(2)18)12-7-4-3-5-8-12;/h3-5,7-8,13,15H,6,9-11H2,1-2H3,(H,16,17);1H. The summed E-state index contributed by atoms with van der Waals surface area (Å²) in [6.07, 6.45) is 2.95. The smallest absolute Gasteiger partial charge is 0.220 e. The molecule has 0 radical (unpaired) electrons. The van der Waals surface area contributed by atoms with Gasteiger partial charge in [-0.25, -0.2) is 0 Å². The lowest BCUT2D eigenvalue weighted by Gasteiger charge is -2.18. The predicted octanol–water partition coefficient (Wildman–Crippen LogP) is 1.64. The topological polar surface area (TPSA) is 58.2 Å². The first-order chi connectivity index (χ1) is 9.13. The zero-order valence-corrected chi connectivity index (χ0v) is 13.6. The lowest BCUT2D eigenvalue weighted by molar-refractivity contribution is -0.121. The highest BCUT2D eigenvalue weighted by Crippen LogP contribution is 2.13. The summed E-state index contributed by atoms with van der Waals surface area (Å²) >= 11 is 0. The number of benzene rings is 1. The van der Waals surface area contributed by atoms with Gasteiger partial charge >= 0.3 is 0 Å². The molecule has 1 amide bonds. The second-order valence-electron chi connectivity index (χ2n) is 4.48. The molecule has 114 valence electrons. The quantitative estimate of drug-likeness (QED) is 0.717. The normalized spacial score (nSPS) is 13.1. The molecule has 2 unspecified atom stereocenters. The van der Waals surface area contributed by atoms with Gasteiger partial charge in [0, 0.05) is 29.2 Å². The third-order valence-electron chi connectivity index (χ3n) is 2.77. The molecule has 0 aliphatic heterocycles. The molecule has 1 rings (SSSR count). The van der Waals surface area contributed by atoms with Gasteiger partial charge in [-0.1, -0.05) is 30.3 Å². The molecular formula is C14H23ClN2O2S. The molecule has 4 nitrogen and oxygen atoms in total. The van der Waals surface area contributed by atoms with Crippen LogP contribution in [0.25, 0.3) is 0 Å². The summed E-state index contributed by atoms with van der Waals surface area (Å²) in [5.41, 5.74) is 1.000. The fourth-order valence-electron chi connectivity index (χ4n) is 1.83. The van der Waals surface area contributed by atoms with Crippen molar-refractivity contribution in [1.82, 2.24) is 10.6 Å². The highest BCUT2D eigenvalue weighted by Gasteiger charge is 2.15. The zero-order valence-electron chi connectivity index (χ0n) is 11.9. The highest BCUT2D eigenvalue weighted by atomic mass is 35.5. The number of carbonyl (C=O) groups is 1. The largest absolute Gasteiger partial charge is 0.348 e. The van der Waals surface area contributed by atoms with E-state index in [-0.39, 0.29) is 24.4 Å². The van der Waals surface area contributed by atoms with Crippen LogP contribution in [0.2, 0.25) is 0 Å². The fraction of sp³-hybridized carbons (Fsp3) is 0.500. The molecule has 1 aromatic rings. The van der Waals surface area contributed by atoms with Gasteiger partial charge in [0.05, 0.1) is 6.04 Å². The first-order valence-corrected chi connectivity index (χ1v) is 8.15. The average molecular weight is 319 g/mol. The minimum atomic E-state index is -0.947. The summed E-state index contributed by atoms with van der Waals surface area (Å²) in [7, 11) is 0.919. The van der Waals surface area contributed by atoms with E-state index in [2.05, 4.69) is 10.6 Å². The lowest BCUT2D eigenvalue weighted by atomic mass is 10.1. The summed E-state index contributed by atoms with van der Waals surface area (Å²) in [5.74, 6) is 0.455. The number of carbonyl (C=O) groups excluding carboxylic acids is 1. The van der Waals surface area contributed by atoms with E-state index in [1.54, 1.807) is 6.26 Å². The second-order valence-corrected chi connectivity index (χ2v) is 5.96. The maximum Gasteiger partial charge on any atom is 0.220 e. The van der Waals surface area contributed by atoms with Gasteiger partial charge in [-0.2, -0.15) is 0 Å². The van der Waals surface area contributed by atoms with Crippen LogP contribution >= 0.6 is 12.4 Å². The Kier molecular flexibility index (Phi) is 10.3. The Morgan fingerprint density at radius 2 is 1.95 bits per heavy atom. The molecule has 0 heterocycles. The molecule has 0 aliphatic carbocycles. The summed E-state index contributed by atoms with van der Waals surface area (Å²) in [6.45, 7) is 0.823. The number of nitrogens with one attached hydrogen (secondary N) is 2. The van der Waals surface area contributed by atoms with Gasteiger partial charge in [0.25, 0.3) is 0 Å². The van der Waals surface area contributed by atoms with E-state index in [9.17, 15) is 9.00 Å². The van der Waals surface area contributed by atoms with Crippen LogP contribution in [0.1, 0.15) is 24.4 Å². The molecule has 0 aromatic heterocycles. The van der Waals surface area contributed by atoms with Gasteiger partial charge in [-0.05, 0) is 25.6 Å². The van der Waals surface area contributed by atoms with Crippen LogP contribution in [0.4, 0.5) is 0 Å². The van der Waals surface area contributed by atoms with Crippen molar-refractivity contribution in [2.45, 2.75) is 18.9 Å². The first kappa shape index (κ1) is 19.1. The number of hydrogen-bond acceptors (Lipinski definition) is 3. The highest BCUT2D eigenvalue weighted by molar-refractivity contribution is 7.84. The van der Waals surface area contributed by atoms with Gasteiger partial charge < -0.3 is 10.6 Å². The summed E-state index contributed by atoms with van der Waals surface area (Å²) in [4.78, 5) is 11.8. The van der Waals surface area contributed by atoms with Gasteiger partial charge in [-0.3, -0.25) is 9.00 Å². The third-order valence-corrected chi connectivity index (χ3v) is 3.57. The molecule has 0 saturated heterocycles. The Morgan fingerprint density at radius 3 is 2.50 bits per heavy atom. The predicted molar refractivity (Wildman–Crippen MR) is 86.7 cm³/mol. The Bertz CT molecular complexity index is 415. The van der Waals surface area contributed by atoms with E-state index in [0.29, 0.717) is 12.2 Å². The fourth-order valence-corrected chi connectivity index (χ4v) is 2.58. The molecule has 6 heteroatoms. The summed E-state index contributed by atoms with van der Waals surface area (Å²) in [5, 5.41) is 5.98. The van der Waals surface area contributed by atoms with Crippen LogP contribution in [-0.2, 0) is 15.6 Å². The third kappa shape index (κ3) is 7.62. The van der Waals surface area contributed by atoms with Crippen molar-refractivity contribution in [1.29, 1.82) is 0 Å². The van der Waals surface area contributed by atoms with E-state index in [0.717, 1.165) is 18.5 Å². The zero-order chi connectivity index (χ0) is 14.1. The van der Waals surface area contributed by atoms with Crippen LogP contribution in [0, 0.1) is 0 Å². The van der Waals surface area contributed by atoms with Crippen LogP contribution in [0.5, 0.6) is 0 Å². The van der Waals surface area contributed by atoms with E-state index in [1.807, 2.05) is 37.4 Å². The van der Waals surface area contributed by atoms with Crippen molar-refractivity contribution in [3.63, 3.8) is 0 Å². The van der Waals surface area contributed by atoms with E-state index < -0.39 is 10.8 Å². The Labute approximate surface area is 129 Å². The summed E-state index contributed by atoms with van der Waals surface area (Å²) < 4.78 is 11.4. The van der Waals surface area contributed by atoms with Crippen LogP contribution < -0.4 is 10.6 Å². The minimum absolute atomic E-state index is 0. The van der Waals surface area contributed by atoms with Crippen molar-refractivity contribution in [2.75, 3.05) is 25.6 Å². The number of halogens is 1. The maximum absolute atomic E-state index is 11.8. The van der Waals surface area contributed by atoms with Crippen LogP contribution in [-0.4, -0.2) is 35.7 Å². The Hall–Kier alpha value is -0.910. The van der Waals surface area contributed by atoms with E-state index in [1.165, 1.54) is 0 Å². The average Bonchev–Trinajstić information content (AvgIpc) is 2.39. The molecule has 20 heavy (non-hydrogen) atoms. The van der Waals surface area contributed by atoms with Crippen molar-refractivity contribution in [3.05, 3.63) is 35.9 Å². The van der Waals surface area contributed by atoms with E-state index >= 15 is 0 Å². The monoisotopic (exact) mass is 318 g/mol. The van der Waals surface area contributed by atoms with Gasteiger partial charge in [-0.15, -0.1) is 12.4 Å². The molecule has 0 fully saturated rings. The molecule has 1 aromatic carbocycles.